The molecule has 0 fully saturated rings. The first-order valence-corrected chi connectivity index (χ1v) is 5.62. The van der Waals surface area contributed by atoms with Crippen LogP contribution in [0, 0.1) is 18.6 Å². The zero-order chi connectivity index (χ0) is 10.1. The first-order chi connectivity index (χ1) is 6.68. The molecule has 0 bridgehead atoms. The van der Waals surface area contributed by atoms with Gasteiger partial charge >= 0.3 is 0 Å². The monoisotopic (exact) mass is 225 g/mol. The Morgan fingerprint density at radius 1 is 1.57 bits per heavy atom. The first kappa shape index (κ1) is 9.61. The van der Waals surface area contributed by atoms with Crippen LogP contribution in [0.4, 0.5) is 0 Å². The Labute approximate surface area is 91.4 Å². The number of aromatic amines is 1. The highest BCUT2D eigenvalue weighted by Gasteiger charge is 2.04. The van der Waals surface area contributed by atoms with Gasteiger partial charge < -0.3 is 0 Å². The lowest BCUT2D eigenvalue weighted by Gasteiger charge is -2.02. The highest BCUT2D eigenvalue weighted by atomic mass is 32.1. The highest BCUT2D eigenvalue weighted by molar-refractivity contribution is 7.71. The van der Waals surface area contributed by atoms with Crippen LogP contribution < -0.4 is 0 Å². The van der Waals surface area contributed by atoms with E-state index in [1.165, 1.54) is 10.4 Å². The van der Waals surface area contributed by atoms with Crippen molar-refractivity contribution in [3.05, 3.63) is 32.5 Å². The van der Waals surface area contributed by atoms with Crippen LogP contribution >= 0.6 is 23.6 Å². The molecule has 0 amide bonds. The van der Waals surface area contributed by atoms with E-state index in [0.717, 1.165) is 12.4 Å². The summed E-state index contributed by atoms with van der Waals surface area (Å²) < 4.78 is 2.70. The van der Waals surface area contributed by atoms with Gasteiger partial charge in [0.15, 0.2) is 4.77 Å². The fraction of sp³-hybridized carbons (Fsp3) is 0.333. The average Bonchev–Trinajstić information content (AvgIpc) is 2.67. The number of rotatable bonds is 2. The summed E-state index contributed by atoms with van der Waals surface area (Å²) in [7, 11) is 0. The van der Waals surface area contributed by atoms with Crippen LogP contribution in [-0.4, -0.2) is 14.8 Å². The van der Waals surface area contributed by atoms with Crippen molar-refractivity contribution >= 4 is 23.6 Å². The summed E-state index contributed by atoms with van der Waals surface area (Å²) in [5.74, 6) is 0.933. The van der Waals surface area contributed by atoms with Gasteiger partial charge in [0.1, 0.15) is 5.82 Å². The molecule has 3 nitrogen and oxygen atoms in total. The minimum absolute atomic E-state index is 0.690. The topological polar surface area (TPSA) is 33.6 Å². The maximum atomic E-state index is 5.14. The van der Waals surface area contributed by atoms with E-state index in [4.69, 9.17) is 12.2 Å². The van der Waals surface area contributed by atoms with Crippen molar-refractivity contribution < 1.29 is 0 Å². The van der Waals surface area contributed by atoms with Crippen LogP contribution in [0.3, 0.4) is 0 Å². The molecule has 0 aliphatic rings. The molecule has 2 rings (SSSR count). The third kappa shape index (κ3) is 1.65. The Morgan fingerprint density at radius 2 is 2.36 bits per heavy atom. The highest BCUT2D eigenvalue weighted by Crippen LogP contribution is 2.17. The molecule has 0 atom stereocenters. The van der Waals surface area contributed by atoms with Gasteiger partial charge in [-0.15, -0.1) is 11.3 Å². The van der Waals surface area contributed by atoms with E-state index in [1.807, 2.05) is 11.5 Å². The molecule has 0 aliphatic carbocycles. The van der Waals surface area contributed by atoms with Gasteiger partial charge in [0.25, 0.3) is 0 Å². The molecule has 2 aromatic heterocycles. The Kier molecular flexibility index (Phi) is 2.52. The second kappa shape index (κ2) is 3.67. The number of H-pyrrole nitrogens is 1. The SMILES string of the molecule is Cc1ccsc1Cn1c(C)n[nH]c1=S. The summed E-state index contributed by atoms with van der Waals surface area (Å²) in [4.78, 5) is 1.34. The maximum absolute atomic E-state index is 5.14. The Hall–Kier alpha value is -0.940. The van der Waals surface area contributed by atoms with E-state index in [2.05, 4.69) is 28.6 Å². The molecular formula is C9H11N3S2. The zero-order valence-electron chi connectivity index (χ0n) is 8.07. The molecule has 0 unspecified atom stereocenters. The molecule has 2 heterocycles. The van der Waals surface area contributed by atoms with Gasteiger partial charge in [0, 0.05) is 4.88 Å². The first-order valence-electron chi connectivity index (χ1n) is 4.33. The molecule has 14 heavy (non-hydrogen) atoms. The van der Waals surface area contributed by atoms with Gasteiger partial charge in [-0.05, 0) is 43.1 Å². The van der Waals surface area contributed by atoms with Crippen molar-refractivity contribution in [2.24, 2.45) is 0 Å². The summed E-state index contributed by atoms with van der Waals surface area (Å²) in [5.41, 5.74) is 1.32. The van der Waals surface area contributed by atoms with Crippen LogP contribution in [0.5, 0.6) is 0 Å². The quantitative estimate of drug-likeness (QED) is 0.797. The minimum atomic E-state index is 0.690. The van der Waals surface area contributed by atoms with Crippen molar-refractivity contribution in [1.82, 2.24) is 14.8 Å². The predicted octanol–water partition coefficient (Wildman–Crippen LogP) is 2.67. The smallest absolute Gasteiger partial charge is 0.195 e. The van der Waals surface area contributed by atoms with E-state index < -0.39 is 0 Å². The Morgan fingerprint density at radius 3 is 2.86 bits per heavy atom. The molecule has 1 N–H and O–H groups in total. The fourth-order valence-corrected chi connectivity index (χ4v) is 2.43. The van der Waals surface area contributed by atoms with Gasteiger partial charge in [0.2, 0.25) is 0 Å². The summed E-state index contributed by atoms with van der Waals surface area (Å²) >= 11 is 6.90. The lowest BCUT2D eigenvalue weighted by molar-refractivity contribution is 0.758. The molecule has 0 aliphatic heterocycles. The van der Waals surface area contributed by atoms with Crippen molar-refractivity contribution in [2.45, 2.75) is 20.4 Å². The van der Waals surface area contributed by atoms with Gasteiger partial charge in [-0.3, -0.25) is 9.67 Å². The van der Waals surface area contributed by atoms with Gasteiger partial charge in [-0.25, -0.2) is 0 Å². The third-order valence-electron chi connectivity index (χ3n) is 2.22. The van der Waals surface area contributed by atoms with Gasteiger partial charge in [-0.2, -0.15) is 5.10 Å². The summed E-state index contributed by atoms with van der Waals surface area (Å²) in [5, 5.41) is 8.97. The summed E-state index contributed by atoms with van der Waals surface area (Å²) in [6.45, 7) is 4.89. The van der Waals surface area contributed by atoms with E-state index in [0.29, 0.717) is 4.77 Å². The van der Waals surface area contributed by atoms with Crippen LogP contribution in [0.15, 0.2) is 11.4 Å². The summed E-state index contributed by atoms with van der Waals surface area (Å²) in [6, 6.07) is 2.12. The van der Waals surface area contributed by atoms with Crippen molar-refractivity contribution in [3.8, 4) is 0 Å². The second-order valence-electron chi connectivity index (χ2n) is 3.19. The molecule has 0 radical (unpaired) electrons. The number of hydrogen-bond acceptors (Lipinski definition) is 3. The van der Waals surface area contributed by atoms with Crippen LogP contribution in [0.1, 0.15) is 16.3 Å². The van der Waals surface area contributed by atoms with E-state index >= 15 is 0 Å². The Balaban J connectivity index is 2.36. The molecule has 0 spiro atoms. The lowest BCUT2D eigenvalue weighted by Crippen LogP contribution is -2.01. The fourth-order valence-electron chi connectivity index (χ4n) is 1.29. The van der Waals surface area contributed by atoms with Crippen LogP contribution in [-0.2, 0) is 6.54 Å². The number of hydrogen-bond donors (Lipinski definition) is 1. The summed E-state index contributed by atoms with van der Waals surface area (Å²) in [6.07, 6.45) is 0. The largest absolute Gasteiger partial charge is 0.299 e. The molecule has 0 saturated heterocycles. The van der Waals surface area contributed by atoms with Gasteiger partial charge in [-0.1, -0.05) is 0 Å². The third-order valence-corrected chi connectivity index (χ3v) is 3.54. The molecule has 74 valence electrons. The van der Waals surface area contributed by atoms with E-state index in [9.17, 15) is 0 Å². The number of aromatic nitrogens is 3. The number of nitrogens with zero attached hydrogens (tertiary/aromatic N) is 2. The standard InChI is InChI=1S/C9H11N3S2/c1-6-3-4-14-8(6)5-12-7(2)10-11-9(12)13/h3-4H,5H2,1-2H3,(H,11,13). The average molecular weight is 225 g/mol. The van der Waals surface area contributed by atoms with Crippen LogP contribution in [0.25, 0.3) is 0 Å². The number of nitrogens with one attached hydrogen (secondary N) is 1. The molecule has 5 heteroatoms. The molecule has 0 aromatic carbocycles. The van der Waals surface area contributed by atoms with Crippen molar-refractivity contribution in [2.75, 3.05) is 0 Å². The lowest BCUT2D eigenvalue weighted by atomic mass is 10.3. The maximum Gasteiger partial charge on any atom is 0.195 e. The molecule has 2 aromatic rings. The molecular weight excluding hydrogens is 214 g/mol. The van der Waals surface area contributed by atoms with Crippen LogP contribution in [0.2, 0.25) is 0 Å². The molecule has 0 saturated carbocycles. The van der Waals surface area contributed by atoms with Crippen molar-refractivity contribution in [1.29, 1.82) is 0 Å². The Bertz CT molecular complexity index is 492. The second-order valence-corrected chi connectivity index (χ2v) is 4.58. The number of aryl methyl sites for hydroxylation is 2. The zero-order valence-corrected chi connectivity index (χ0v) is 9.71. The van der Waals surface area contributed by atoms with E-state index in [1.54, 1.807) is 11.3 Å². The minimum Gasteiger partial charge on any atom is -0.299 e. The van der Waals surface area contributed by atoms with E-state index in [-0.39, 0.29) is 0 Å². The van der Waals surface area contributed by atoms with Crippen molar-refractivity contribution in [3.63, 3.8) is 0 Å². The predicted molar refractivity (Wildman–Crippen MR) is 60.3 cm³/mol. The van der Waals surface area contributed by atoms with Gasteiger partial charge in [0.05, 0.1) is 6.54 Å². The normalized spacial score (nSPS) is 10.7. The number of thiophene rings is 1.